The molecular formula is C81H89N3O32. The number of benzene rings is 4. The zero-order valence-electron chi connectivity index (χ0n) is 64.3. The molecule has 3 aliphatic carbocycles. The Bertz CT molecular complexity index is 4360. The number of hydrogen-bond acceptors (Lipinski definition) is 32. The van der Waals surface area contributed by atoms with Crippen LogP contribution in [0, 0.1) is 16.7 Å². The quantitative estimate of drug-likeness (QED) is 0.0216. The number of ether oxygens (including phenoxy) is 17. The number of Topliss-reactive ketones (excluding diaryl/α,β-unsaturated/α-hetero) is 1. The van der Waals surface area contributed by atoms with Gasteiger partial charge in [-0.1, -0.05) is 143 Å². The molecule has 16 atom stereocenters. The van der Waals surface area contributed by atoms with E-state index in [9.17, 15) is 63.0 Å². The van der Waals surface area contributed by atoms with Crippen LogP contribution in [0.15, 0.2) is 177 Å². The van der Waals surface area contributed by atoms with Crippen molar-refractivity contribution >= 4 is 84.0 Å². The summed E-state index contributed by atoms with van der Waals surface area (Å²) >= 11 is 0. The van der Waals surface area contributed by atoms with E-state index in [1.165, 1.54) is 120 Å². The molecular weight excluding hydrogens is 1530 g/mol. The van der Waals surface area contributed by atoms with Crippen molar-refractivity contribution in [2.24, 2.45) is 16.7 Å². The molecule has 0 unspecified atom stereocenters. The summed E-state index contributed by atoms with van der Waals surface area (Å²) < 4.78 is 95.3. The molecule has 4 aromatic carbocycles. The molecule has 2 bridgehead atoms. The van der Waals surface area contributed by atoms with Crippen LogP contribution in [0.3, 0.4) is 0 Å². The molecule has 2 saturated carbocycles. The minimum Gasteiger partial charge on any atom is -0.459 e. The Balaban J connectivity index is 0.935. The fraction of sp³-hybridized carbons (Fsp3) is 0.420. The molecule has 9 rings (SSSR count). The summed E-state index contributed by atoms with van der Waals surface area (Å²) in [5.41, 5.74) is -8.17. The summed E-state index contributed by atoms with van der Waals surface area (Å²) in [5, 5.41) is 31.7. The zero-order valence-corrected chi connectivity index (χ0v) is 64.3. The van der Waals surface area contributed by atoms with Gasteiger partial charge in [0.2, 0.25) is 18.5 Å². The van der Waals surface area contributed by atoms with E-state index in [4.69, 9.17) is 80.5 Å². The van der Waals surface area contributed by atoms with E-state index >= 15 is 9.59 Å². The number of nitrogens with one attached hydrogen (secondary N) is 2. The van der Waals surface area contributed by atoms with Gasteiger partial charge < -0.3 is 101 Å². The Morgan fingerprint density at radius 1 is 0.647 bits per heavy atom. The molecule has 35 nitrogen and oxygen atoms in total. The van der Waals surface area contributed by atoms with Crippen LogP contribution in [0.2, 0.25) is 0 Å². The normalized spacial score (nSPS) is 25.7. The topological polar surface area (TPSA) is 447 Å². The zero-order chi connectivity index (χ0) is 84.4. The van der Waals surface area contributed by atoms with Crippen LogP contribution >= 0.6 is 0 Å². The molecule has 2 saturated heterocycles. The number of aliphatic hydroxyl groups excluding tert-OH is 1. The van der Waals surface area contributed by atoms with Crippen molar-refractivity contribution in [1.82, 2.24) is 10.2 Å². The Morgan fingerprint density at radius 2 is 1.21 bits per heavy atom. The van der Waals surface area contributed by atoms with E-state index in [1.54, 1.807) is 54.6 Å². The minimum absolute atomic E-state index is 0.00563. The second-order valence-electron chi connectivity index (χ2n) is 27.9. The van der Waals surface area contributed by atoms with E-state index in [0.717, 1.165) is 18.7 Å². The number of carbonyl (C=O) groups is 13. The lowest BCUT2D eigenvalue weighted by Gasteiger charge is -2.67. The summed E-state index contributed by atoms with van der Waals surface area (Å²) in [5.74, 6) is -9.09. The molecule has 4 fully saturated rings. The second-order valence-corrected chi connectivity index (χ2v) is 27.9. The highest BCUT2D eigenvalue weighted by Crippen LogP contribution is 2.64. The number of hydrogen-bond donors (Lipinski definition) is 4. The van der Waals surface area contributed by atoms with E-state index in [1.807, 2.05) is 0 Å². The number of aliphatic hydroxyl groups is 2. The Labute approximate surface area is 664 Å². The lowest BCUT2D eigenvalue weighted by Crippen LogP contribution is -2.82. The highest BCUT2D eigenvalue weighted by Gasteiger charge is 2.78. The van der Waals surface area contributed by atoms with Gasteiger partial charge in [0.05, 0.1) is 36.2 Å². The Hall–Kier alpha value is -12.5. The second kappa shape index (κ2) is 38.6. The SMILES string of the molecule is C=CCOC(=O)O[C@@H]1[C@@H](OC(=O)OCC=C)[C@H](OC(=O)Nc2ccc(COC(=O)N(C)CCOC(=O)O[C@@H](C(=O)O[C@H]3C[C@@]4(O)[C@@H](OC(=O)c5ccccc5)[C@@H]5[C@]6(OC(C)=O)CO[C@@H]6C[C@H](O)[C@@]5(C)C(=O)[C@H](OC(C)=O)C(=C3C)C4(C)C)[C@@H](NC(=O)c3ccccc3)c3ccccc3)cc2)O[C@H](C(=O)OCC=C)[C@H]1OC(=O)OCC=C. The highest BCUT2D eigenvalue weighted by atomic mass is 16.8. The molecule has 116 heavy (non-hydrogen) atoms. The Kier molecular flexibility index (Phi) is 29.1. The molecule has 0 aromatic heterocycles. The van der Waals surface area contributed by atoms with Gasteiger partial charge in [-0.3, -0.25) is 24.5 Å². The van der Waals surface area contributed by atoms with E-state index in [0.29, 0.717) is 5.56 Å². The maximum Gasteiger partial charge on any atom is 0.509 e. The summed E-state index contributed by atoms with van der Waals surface area (Å²) in [6.07, 6.45) is -26.2. The van der Waals surface area contributed by atoms with Gasteiger partial charge in [-0.15, -0.1) is 0 Å². The fourth-order valence-corrected chi connectivity index (χ4v) is 14.5. The summed E-state index contributed by atoms with van der Waals surface area (Å²) in [6, 6.07) is 26.9. The maximum atomic E-state index is 16.0. The number of esters is 5. The van der Waals surface area contributed by atoms with Crippen molar-refractivity contribution in [1.29, 1.82) is 0 Å². The maximum absolute atomic E-state index is 16.0. The summed E-state index contributed by atoms with van der Waals surface area (Å²) in [6.45, 7) is 18.1. The molecule has 0 radical (unpaired) electrons. The third kappa shape index (κ3) is 19.8. The van der Waals surface area contributed by atoms with Crippen LogP contribution < -0.4 is 10.6 Å². The molecule has 620 valence electrons. The first-order chi connectivity index (χ1) is 55.3. The van der Waals surface area contributed by atoms with E-state index in [-0.39, 0.29) is 39.9 Å². The van der Waals surface area contributed by atoms with Crippen LogP contribution in [0.25, 0.3) is 0 Å². The van der Waals surface area contributed by atoms with Crippen molar-refractivity contribution in [3.05, 3.63) is 199 Å². The van der Waals surface area contributed by atoms with Gasteiger partial charge in [0, 0.05) is 50.4 Å². The van der Waals surface area contributed by atoms with Crippen molar-refractivity contribution in [2.75, 3.05) is 58.6 Å². The number of likely N-dealkylation sites (N-methyl/N-ethyl adjacent to an activating group) is 1. The van der Waals surface area contributed by atoms with Crippen LogP contribution in [0.4, 0.5) is 34.5 Å². The van der Waals surface area contributed by atoms with Gasteiger partial charge in [-0.05, 0) is 72.5 Å². The Morgan fingerprint density at radius 3 is 1.77 bits per heavy atom. The fourth-order valence-electron chi connectivity index (χ4n) is 14.5. The summed E-state index contributed by atoms with van der Waals surface area (Å²) in [7, 11) is 1.28. The van der Waals surface area contributed by atoms with Crippen molar-refractivity contribution < 1.29 is 153 Å². The van der Waals surface area contributed by atoms with Gasteiger partial charge in [0.15, 0.2) is 35.8 Å². The number of anilines is 1. The van der Waals surface area contributed by atoms with Gasteiger partial charge in [0.1, 0.15) is 69.6 Å². The smallest absolute Gasteiger partial charge is 0.459 e. The predicted octanol–water partition coefficient (Wildman–Crippen LogP) is 8.29. The van der Waals surface area contributed by atoms with E-state index < -0.39 is 239 Å². The van der Waals surface area contributed by atoms with Crippen LogP contribution in [-0.4, -0.2) is 225 Å². The van der Waals surface area contributed by atoms with Gasteiger partial charge >= 0.3 is 66.7 Å². The average molecular weight is 1620 g/mol. The number of fused-ring (bicyclic) bond motifs is 5. The van der Waals surface area contributed by atoms with Crippen LogP contribution in [-0.2, 0) is 111 Å². The van der Waals surface area contributed by atoms with Crippen LogP contribution in [0.1, 0.15) is 92.3 Å². The highest BCUT2D eigenvalue weighted by molar-refractivity contribution is 5.97. The van der Waals surface area contributed by atoms with Crippen molar-refractivity contribution in [2.45, 2.75) is 146 Å². The standard InChI is InChI=1S/C81H89N3O32/c1-12-36-100-69(91)62-60(111-74(95)101-37-13-2)61(112-75(96)102-38-14-3)63(113-76(97)103-39-15-4)71(109-62)115-72(93)82-52-33-31-48(32-34-52)43-105-73(94)84(11)35-40-104-77(98)110-59(57(49-25-19-16-20-26-49)83-67(89)50-27-21-17-22-28-50)70(92)108-53-42-81(99)66(114-68(90)51-29-23-18-24-30-51)64-79(10,54(87)41-55-80(64,44-106-55)116-47(7)86)65(88)58(107-46(6)85)56(45(53)5)78(81,8)9/h12-34,53-55,57-64,66,71,87,99H,1-4,35-44H2,5-11H3,(H,82,93)(H,83,89)/t53-,54-,55+,57-,58+,59+,60-,61-,62-,63+,64-,66-,71-,79+,80-,81+/m0/s1. The first-order valence-electron chi connectivity index (χ1n) is 36.3. The third-order valence-electron chi connectivity index (χ3n) is 20.1. The van der Waals surface area contributed by atoms with Gasteiger partial charge in [-0.25, -0.2) is 43.2 Å². The van der Waals surface area contributed by atoms with Crippen molar-refractivity contribution in [3.63, 3.8) is 0 Å². The van der Waals surface area contributed by atoms with Crippen molar-refractivity contribution in [3.8, 4) is 0 Å². The molecule has 35 heteroatoms. The molecule has 2 heterocycles. The number of ketones is 1. The predicted molar refractivity (Wildman–Crippen MR) is 396 cm³/mol. The van der Waals surface area contributed by atoms with Crippen LogP contribution in [0.5, 0.6) is 0 Å². The molecule has 3 amide bonds. The lowest BCUT2D eigenvalue weighted by molar-refractivity contribution is -0.346. The average Bonchev–Trinajstić information content (AvgIpc) is 0.667. The number of nitrogens with zero attached hydrogens (tertiary/aromatic N) is 1. The number of rotatable bonds is 30. The van der Waals surface area contributed by atoms with E-state index in [2.05, 4.69) is 36.9 Å². The molecule has 4 N–H and O–H groups in total. The monoisotopic (exact) mass is 1620 g/mol. The molecule has 4 aromatic rings. The third-order valence-corrected chi connectivity index (χ3v) is 20.1. The number of carbonyl (C=O) groups excluding carboxylic acids is 13. The largest absolute Gasteiger partial charge is 0.509 e. The first-order valence-corrected chi connectivity index (χ1v) is 36.3. The first kappa shape index (κ1) is 87.5. The molecule has 2 aliphatic heterocycles. The van der Waals surface area contributed by atoms with Gasteiger partial charge in [-0.2, -0.15) is 0 Å². The summed E-state index contributed by atoms with van der Waals surface area (Å²) in [4.78, 5) is 182. The lowest BCUT2D eigenvalue weighted by atomic mass is 9.44. The van der Waals surface area contributed by atoms with Gasteiger partial charge in [0.25, 0.3) is 5.91 Å². The number of amides is 3. The molecule has 0 spiro atoms. The molecule has 5 aliphatic rings. The minimum atomic E-state index is -2.61.